The first-order chi connectivity index (χ1) is 12.1. The summed E-state index contributed by atoms with van der Waals surface area (Å²) in [6, 6.07) is 3.86. The van der Waals surface area contributed by atoms with Crippen molar-refractivity contribution in [1.29, 1.82) is 0 Å². The van der Waals surface area contributed by atoms with Crippen molar-refractivity contribution >= 4 is 5.78 Å². The van der Waals surface area contributed by atoms with Crippen molar-refractivity contribution < 1.29 is 19.4 Å². The van der Waals surface area contributed by atoms with Crippen molar-refractivity contribution in [3.05, 3.63) is 48.1 Å². The van der Waals surface area contributed by atoms with Crippen LogP contribution < -0.4 is 9.47 Å². The third-order valence-corrected chi connectivity index (χ3v) is 6.55. The van der Waals surface area contributed by atoms with Crippen LogP contribution in [0.3, 0.4) is 0 Å². The van der Waals surface area contributed by atoms with E-state index >= 15 is 0 Å². The first-order valence-corrected chi connectivity index (χ1v) is 8.74. The molecule has 0 radical (unpaired) electrons. The molecule has 0 amide bonds. The maximum absolute atomic E-state index is 12.7. The van der Waals surface area contributed by atoms with Gasteiger partial charge in [-0.15, -0.1) is 6.58 Å². The maximum Gasteiger partial charge on any atom is 0.196 e. The minimum Gasteiger partial charge on any atom is -0.493 e. The summed E-state index contributed by atoms with van der Waals surface area (Å²) < 4.78 is 11.6. The van der Waals surface area contributed by atoms with E-state index in [0.717, 1.165) is 17.7 Å². The number of piperidine rings is 1. The van der Waals surface area contributed by atoms with E-state index in [-0.39, 0.29) is 11.8 Å². The first kappa shape index (κ1) is 15.2. The lowest BCUT2D eigenvalue weighted by molar-refractivity contribution is -0.153. The number of rotatable bonds is 3. The quantitative estimate of drug-likeness (QED) is 0.843. The van der Waals surface area contributed by atoms with E-state index < -0.39 is 17.1 Å². The summed E-state index contributed by atoms with van der Waals surface area (Å²) >= 11 is 0. The number of hydrogen-bond acceptors (Lipinski definition) is 5. The molecule has 130 valence electrons. The number of nitrogens with zero attached hydrogens (tertiary/aromatic N) is 1. The van der Waals surface area contributed by atoms with Gasteiger partial charge in [0.1, 0.15) is 5.60 Å². The maximum atomic E-state index is 12.7. The van der Waals surface area contributed by atoms with E-state index in [2.05, 4.69) is 17.5 Å². The Balaban J connectivity index is 1.81. The zero-order valence-electron chi connectivity index (χ0n) is 14.2. The van der Waals surface area contributed by atoms with Crippen LogP contribution in [0.1, 0.15) is 17.5 Å². The van der Waals surface area contributed by atoms with E-state index in [1.807, 2.05) is 12.1 Å². The van der Waals surface area contributed by atoms with E-state index in [1.165, 1.54) is 6.08 Å². The van der Waals surface area contributed by atoms with Crippen LogP contribution in [0.25, 0.3) is 0 Å². The second-order valence-corrected chi connectivity index (χ2v) is 7.41. The number of aliphatic hydroxyl groups is 1. The van der Waals surface area contributed by atoms with Gasteiger partial charge in [-0.05, 0) is 36.6 Å². The lowest BCUT2D eigenvalue weighted by atomic mass is 9.51. The van der Waals surface area contributed by atoms with Crippen LogP contribution in [0, 0.1) is 0 Å². The molecular weight excluding hydrogens is 318 g/mol. The molecule has 4 aliphatic rings. The number of benzene rings is 1. The molecule has 5 nitrogen and oxygen atoms in total. The van der Waals surface area contributed by atoms with Gasteiger partial charge in [0.15, 0.2) is 23.4 Å². The Morgan fingerprint density at radius 2 is 2.36 bits per heavy atom. The third-order valence-electron chi connectivity index (χ3n) is 6.55. The molecule has 1 aromatic carbocycles. The summed E-state index contributed by atoms with van der Waals surface area (Å²) in [6.45, 7) is 5.37. The fourth-order valence-electron chi connectivity index (χ4n) is 5.54. The van der Waals surface area contributed by atoms with Crippen LogP contribution in [0.15, 0.2) is 36.9 Å². The summed E-state index contributed by atoms with van der Waals surface area (Å²) in [6.07, 6.45) is 5.79. The second-order valence-electron chi connectivity index (χ2n) is 7.41. The highest BCUT2D eigenvalue weighted by Gasteiger charge is 2.71. The molecule has 0 saturated carbocycles. The van der Waals surface area contributed by atoms with Gasteiger partial charge in [0.05, 0.1) is 12.5 Å². The molecular formula is C20H21NO4. The predicted octanol–water partition coefficient (Wildman–Crippen LogP) is 1.38. The number of methoxy groups -OCH3 is 1. The van der Waals surface area contributed by atoms with Gasteiger partial charge in [0.25, 0.3) is 0 Å². The van der Waals surface area contributed by atoms with Crippen molar-refractivity contribution in [2.45, 2.75) is 36.0 Å². The Kier molecular flexibility index (Phi) is 2.88. The van der Waals surface area contributed by atoms with E-state index in [9.17, 15) is 9.90 Å². The Hall–Kier alpha value is -2.11. The van der Waals surface area contributed by atoms with Gasteiger partial charge in [-0.1, -0.05) is 12.1 Å². The highest BCUT2D eigenvalue weighted by Crippen LogP contribution is 2.63. The Morgan fingerprint density at radius 1 is 1.52 bits per heavy atom. The summed E-state index contributed by atoms with van der Waals surface area (Å²) in [4.78, 5) is 14.9. The van der Waals surface area contributed by atoms with Gasteiger partial charge in [-0.2, -0.15) is 0 Å². The second kappa shape index (κ2) is 4.74. The van der Waals surface area contributed by atoms with Crippen LogP contribution >= 0.6 is 0 Å². The number of hydrogen-bond donors (Lipinski definition) is 1. The van der Waals surface area contributed by atoms with Crippen LogP contribution in [0.4, 0.5) is 0 Å². The molecule has 0 aromatic heterocycles. The normalized spacial score (nSPS) is 37.4. The Morgan fingerprint density at radius 3 is 3.12 bits per heavy atom. The van der Waals surface area contributed by atoms with Gasteiger partial charge in [0, 0.05) is 24.7 Å². The molecule has 4 atom stereocenters. The van der Waals surface area contributed by atoms with E-state index in [0.29, 0.717) is 30.9 Å². The molecule has 2 heterocycles. The Labute approximate surface area is 146 Å². The molecule has 1 fully saturated rings. The van der Waals surface area contributed by atoms with Gasteiger partial charge in [0.2, 0.25) is 0 Å². The molecule has 2 aliphatic heterocycles. The van der Waals surface area contributed by atoms with Crippen LogP contribution in [-0.4, -0.2) is 53.7 Å². The lowest BCUT2D eigenvalue weighted by Crippen LogP contribution is -2.75. The predicted molar refractivity (Wildman–Crippen MR) is 92.1 cm³/mol. The number of carbonyl (C=O) groups is 1. The largest absolute Gasteiger partial charge is 0.493 e. The smallest absolute Gasteiger partial charge is 0.196 e. The van der Waals surface area contributed by atoms with E-state index in [1.54, 1.807) is 13.2 Å². The van der Waals surface area contributed by atoms with Gasteiger partial charge >= 0.3 is 0 Å². The average Bonchev–Trinajstić information content (AvgIpc) is 2.96. The molecule has 1 saturated heterocycles. The fraction of sp³-hybridized carbons (Fsp3) is 0.450. The molecule has 25 heavy (non-hydrogen) atoms. The SMILES string of the molecule is C=CCN1CC[C@]23c4c5ccc(OC)c4O[C@H]2C(=O)C=C[C@@]3(O)[C@H]1C5. The van der Waals surface area contributed by atoms with Gasteiger partial charge in [-0.25, -0.2) is 0 Å². The minimum absolute atomic E-state index is 0.0771. The molecule has 2 bridgehead atoms. The van der Waals surface area contributed by atoms with Gasteiger partial charge < -0.3 is 14.6 Å². The van der Waals surface area contributed by atoms with Crippen molar-refractivity contribution in [3.63, 3.8) is 0 Å². The minimum atomic E-state index is -1.13. The fourth-order valence-corrected chi connectivity index (χ4v) is 5.54. The lowest BCUT2D eigenvalue weighted by Gasteiger charge is -2.60. The highest BCUT2D eigenvalue weighted by atomic mass is 16.5. The third kappa shape index (κ3) is 1.54. The molecule has 2 aliphatic carbocycles. The van der Waals surface area contributed by atoms with Crippen molar-refractivity contribution in [2.24, 2.45) is 0 Å². The molecule has 5 heteroatoms. The standard InChI is InChI=1S/C20H21NO4/c1-3-9-21-10-8-19-16-12-4-5-14(24-2)17(16)25-18(19)13(22)6-7-20(19,23)15(21)11-12/h3-7,15,18,23H,1,8-11H2,2H3/t15-,18+,19+,20-/m1/s1. The number of likely N-dealkylation sites (tertiary alicyclic amines) is 1. The van der Waals surface area contributed by atoms with Crippen molar-refractivity contribution in [3.8, 4) is 11.5 Å². The summed E-state index contributed by atoms with van der Waals surface area (Å²) in [5.41, 5.74) is 0.271. The zero-order chi connectivity index (χ0) is 17.4. The average molecular weight is 339 g/mol. The number of carbonyl (C=O) groups excluding carboxylic acids is 1. The first-order valence-electron chi connectivity index (χ1n) is 8.74. The zero-order valence-corrected chi connectivity index (χ0v) is 14.2. The topological polar surface area (TPSA) is 59.0 Å². The van der Waals surface area contributed by atoms with E-state index in [4.69, 9.17) is 9.47 Å². The monoisotopic (exact) mass is 339 g/mol. The Bertz CT molecular complexity index is 831. The molecule has 1 spiro atoms. The summed E-state index contributed by atoms with van der Waals surface area (Å²) in [7, 11) is 1.60. The van der Waals surface area contributed by atoms with Gasteiger partial charge in [-0.3, -0.25) is 9.69 Å². The van der Waals surface area contributed by atoms with Crippen molar-refractivity contribution in [1.82, 2.24) is 4.90 Å². The molecule has 5 rings (SSSR count). The molecule has 1 aromatic rings. The summed E-state index contributed by atoms with van der Waals surface area (Å²) in [5, 5.41) is 11.9. The van der Waals surface area contributed by atoms with Crippen molar-refractivity contribution in [2.75, 3.05) is 20.2 Å². The van der Waals surface area contributed by atoms with Crippen LogP contribution in [-0.2, 0) is 16.6 Å². The number of ether oxygens (including phenoxy) is 2. The summed E-state index contributed by atoms with van der Waals surface area (Å²) in [5.74, 6) is 1.19. The van der Waals surface area contributed by atoms with Crippen LogP contribution in [0.5, 0.6) is 11.5 Å². The molecule has 0 unspecified atom stereocenters. The highest BCUT2D eigenvalue weighted by molar-refractivity contribution is 5.99. The number of ketones is 1. The van der Waals surface area contributed by atoms with Crippen LogP contribution in [0.2, 0.25) is 0 Å². The molecule has 1 N–H and O–H groups in total.